The third kappa shape index (κ3) is 2.21. The Balaban J connectivity index is 2.12. The summed E-state index contributed by atoms with van der Waals surface area (Å²) in [5, 5.41) is 12.5. The third-order valence-corrected chi connectivity index (χ3v) is 3.36. The molecule has 0 saturated heterocycles. The van der Waals surface area contributed by atoms with Crippen molar-refractivity contribution < 1.29 is 5.11 Å². The van der Waals surface area contributed by atoms with E-state index in [1.165, 1.54) is 11.1 Å². The first-order valence-corrected chi connectivity index (χ1v) is 5.66. The van der Waals surface area contributed by atoms with Crippen molar-refractivity contribution in [2.45, 2.75) is 24.7 Å². The SMILES string of the molecule is CNCCc1cccc(C2(CO)CC2)c1. The zero-order chi connectivity index (χ0) is 10.7. The van der Waals surface area contributed by atoms with Crippen molar-refractivity contribution in [2.75, 3.05) is 20.2 Å². The number of likely N-dealkylation sites (N-methyl/N-ethyl adjacent to an activating group) is 1. The van der Waals surface area contributed by atoms with Crippen LogP contribution in [0.2, 0.25) is 0 Å². The molecule has 1 aliphatic carbocycles. The van der Waals surface area contributed by atoms with Crippen molar-refractivity contribution in [3.63, 3.8) is 0 Å². The average Bonchev–Trinajstić information content (AvgIpc) is 3.08. The largest absolute Gasteiger partial charge is 0.395 e. The molecule has 0 bridgehead atoms. The van der Waals surface area contributed by atoms with Crippen LogP contribution in [0.5, 0.6) is 0 Å². The molecule has 0 unspecified atom stereocenters. The molecule has 2 heteroatoms. The second-order valence-corrected chi connectivity index (χ2v) is 4.49. The fourth-order valence-corrected chi connectivity index (χ4v) is 2.02. The highest BCUT2D eigenvalue weighted by atomic mass is 16.3. The van der Waals surface area contributed by atoms with Crippen LogP contribution in [0.25, 0.3) is 0 Å². The lowest BCUT2D eigenvalue weighted by Gasteiger charge is -2.13. The summed E-state index contributed by atoms with van der Waals surface area (Å²) in [6, 6.07) is 8.66. The lowest BCUT2D eigenvalue weighted by atomic mass is 9.94. The summed E-state index contributed by atoms with van der Waals surface area (Å²) < 4.78 is 0. The van der Waals surface area contributed by atoms with Crippen molar-refractivity contribution in [3.05, 3.63) is 35.4 Å². The van der Waals surface area contributed by atoms with Crippen molar-refractivity contribution in [1.82, 2.24) is 5.32 Å². The van der Waals surface area contributed by atoms with Crippen LogP contribution < -0.4 is 5.32 Å². The minimum Gasteiger partial charge on any atom is -0.395 e. The van der Waals surface area contributed by atoms with Gasteiger partial charge in [0.15, 0.2) is 0 Å². The smallest absolute Gasteiger partial charge is 0.0527 e. The van der Waals surface area contributed by atoms with E-state index in [1.54, 1.807) is 0 Å². The van der Waals surface area contributed by atoms with Gasteiger partial charge in [-0.05, 0) is 44.0 Å². The summed E-state index contributed by atoms with van der Waals surface area (Å²) in [5.41, 5.74) is 2.79. The number of aliphatic hydroxyl groups excluding tert-OH is 1. The maximum absolute atomic E-state index is 9.36. The molecule has 2 rings (SSSR count). The number of rotatable bonds is 5. The first kappa shape index (κ1) is 10.7. The van der Waals surface area contributed by atoms with E-state index in [-0.39, 0.29) is 5.41 Å². The van der Waals surface area contributed by atoms with Gasteiger partial charge in [0.1, 0.15) is 0 Å². The van der Waals surface area contributed by atoms with Gasteiger partial charge in [-0.3, -0.25) is 0 Å². The van der Waals surface area contributed by atoms with E-state index in [0.717, 1.165) is 25.8 Å². The fraction of sp³-hybridized carbons (Fsp3) is 0.538. The zero-order valence-corrected chi connectivity index (χ0v) is 9.29. The molecule has 0 radical (unpaired) electrons. The van der Waals surface area contributed by atoms with Gasteiger partial charge >= 0.3 is 0 Å². The second-order valence-electron chi connectivity index (χ2n) is 4.49. The highest BCUT2D eigenvalue weighted by Gasteiger charge is 2.43. The number of benzene rings is 1. The number of aliphatic hydroxyl groups is 1. The van der Waals surface area contributed by atoms with Gasteiger partial charge in [0.25, 0.3) is 0 Å². The highest BCUT2D eigenvalue weighted by Crippen LogP contribution is 2.47. The minimum absolute atomic E-state index is 0.107. The summed E-state index contributed by atoms with van der Waals surface area (Å²) in [4.78, 5) is 0. The second kappa shape index (κ2) is 4.33. The Kier molecular flexibility index (Phi) is 3.08. The van der Waals surface area contributed by atoms with Crippen LogP contribution in [-0.4, -0.2) is 25.3 Å². The van der Waals surface area contributed by atoms with Crippen molar-refractivity contribution in [2.24, 2.45) is 0 Å². The maximum atomic E-state index is 9.36. The Morgan fingerprint density at radius 2 is 2.20 bits per heavy atom. The van der Waals surface area contributed by atoms with Gasteiger partial charge < -0.3 is 10.4 Å². The summed E-state index contributed by atoms with van der Waals surface area (Å²) in [6.07, 6.45) is 3.34. The molecule has 1 fully saturated rings. The molecular weight excluding hydrogens is 186 g/mol. The Bertz CT molecular complexity index is 331. The van der Waals surface area contributed by atoms with E-state index in [1.807, 2.05) is 7.05 Å². The molecule has 0 heterocycles. The molecule has 82 valence electrons. The standard InChI is InChI=1S/C13H19NO/c1-14-8-5-11-3-2-4-12(9-11)13(10-15)6-7-13/h2-4,9,14-15H,5-8,10H2,1H3. The molecular formula is C13H19NO. The summed E-state index contributed by atoms with van der Waals surface area (Å²) >= 11 is 0. The van der Waals surface area contributed by atoms with E-state index in [9.17, 15) is 5.11 Å². The number of hydrogen-bond acceptors (Lipinski definition) is 2. The third-order valence-electron chi connectivity index (χ3n) is 3.36. The van der Waals surface area contributed by atoms with Crippen LogP contribution in [0.1, 0.15) is 24.0 Å². The topological polar surface area (TPSA) is 32.3 Å². The number of nitrogens with one attached hydrogen (secondary N) is 1. The fourth-order valence-electron chi connectivity index (χ4n) is 2.02. The Morgan fingerprint density at radius 1 is 1.40 bits per heavy atom. The molecule has 1 aliphatic rings. The maximum Gasteiger partial charge on any atom is 0.0527 e. The zero-order valence-electron chi connectivity index (χ0n) is 9.29. The van der Waals surface area contributed by atoms with Gasteiger partial charge in [-0.1, -0.05) is 24.3 Å². The van der Waals surface area contributed by atoms with Gasteiger partial charge in [-0.2, -0.15) is 0 Å². The summed E-state index contributed by atoms with van der Waals surface area (Å²) in [6.45, 7) is 1.30. The van der Waals surface area contributed by atoms with Crippen LogP contribution in [0.4, 0.5) is 0 Å². The van der Waals surface area contributed by atoms with E-state index in [0.29, 0.717) is 6.61 Å². The molecule has 1 aromatic carbocycles. The molecule has 15 heavy (non-hydrogen) atoms. The van der Waals surface area contributed by atoms with Crippen LogP contribution >= 0.6 is 0 Å². The molecule has 1 saturated carbocycles. The summed E-state index contributed by atoms with van der Waals surface area (Å²) in [5.74, 6) is 0. The normalized spacial score (nSPS) is 17.7. The van der Waals surface area contributed by atoms with E-state index < -0.39 is 0 Å². The van der Waals surface area contributed by atoms with Gasteiger partial charge in [0.2, 0.25) is 0 Å². The molecule has 0 spiro atoms. The average molecular weight is 205 g/mol. The van der Waals surface area contributed by atoms with Gasteiger partial charge in [0, 0.05) is 5.41 Å². The lowest BCUT2D eigenvalue weighted by molar-refractivity contribution is 0.255. The molecule has 2 nitrogen and oxygen atoms in total. The van der Waals surface area contributed by atoms with E-state index >= 15 is 0 Å². The van der Waals surface area contributed by atoms with E-state index in [2.05, 4.69) is 29.6 Å². The highest BCUT2D eigenvalue weighted by molar-refractivity contribution is 5.34. The van der Waals surface area contributed by atoms with Crippen LogP contribution in [-0.2, 0) is 11.8 Å². The van der Waals surface area contributed by atoms with E-state index in [4.69, 9.17) is 0 Å². The minimum atomic E-state index is 0.107. The molecule has 1 aromatic rings. The first-order chi connectivity index (χ1) is 7.30. The van der Waals surface area contributed by atoms with Gasteiger partial charge in [-0.15, -0.1) is 0 Å². The Hall–Kier alpha value is -0.860. The molecule has 0 amide bonds. The predicted molar refractivity (Wildman–Crippen MR) is 62.1 cm³/mol. The molecule has 0 atom stereocenters. The Labute approximate surface area is 91.3 Å². The quantitative estimate of drug-likeness (QED) is 0.763. The van der Waals surface area contributed by atoms with Crippen molar-refractivity contribution in [3.8, 4) is 0 Å². The number of hydrogen-bond donors (Lipinski definition) is 2. The Morgan fingerprint density at radius 3 is 2.80 bits per heavy atom. The molecule has 2 N–H and O–H groups in total. The molecule has 0 aromatic heterocycles. The van der Waals surface area contributed by atoms with Crippen LogP contribution in [0.3, 0.4) is 0 Å². The van der Waals surface area contributed by atoms with Crippen LogP contribution in [0.15, 0.2) is 24.3 Å². The van der Waals surface area contributed by atoms with Crippen molar-refractivity contribution in [1.29, 1.82) is 0 Å². The van der Waals surface area contributed by atoms with Crippen LogP contribution in [0, 0.1) is 0 Å². The molecule has 0 aliphatic heterocycles. The summed E-state index contributed by atoms with van der Waals surface area (Å²) in [7, 11) is 1.97. The monoisotopic (exact) mass is 205 g/mol. The van der Waals surface area contributed by atoms with Gasteiger partial charge in [-0.25, -0.2) is 0 Å². The van der Waals surface area contributed by atoms with Crippen molar-refractivity contribution >= 4 is 0 Å². The predicted octanol–water partition coefficient (Wildman–Crippen LogP) is 1.47. The van der Waals surface area contributed by atoms with Gasteiger partial charge in [0.05, 0.1) is 6.61 Å². The lowest BCUT2D eigenvalue weighted by Crippen LogP contribution is -2.13. The first-order valence-electron chi connectivity index (χ1n) is 5.66.